The lowest BCUT2D eigenvalue weighted by Gasteiger charge is -2.03. The molecule has 0 heterocycles. The van der Waals surface area contributed by atoms with E-state index in [-0.39, 0.29) is 5.75 Å². The summed E-state index contributed by atoms with van der Waals surface area (Å²) in [5.74, 6) is 0.150. The van der Waals surface area contributed by atoms with Crippen LogP contribution in [0.4, 0.5) is 5.69 Å². The zero-order chi connectivity index (χ0) is 12.3. The van der Waals surface area contributed by atoms with Gasteiger partial charge in [0.05, 0.1) is 0 Å². The first kappa shape index (κ1) is 11.2. The van der Waals surface area contributed by atoms with Crippen LogP contribution in [0.5, 0.6) is 5.75 Å². The molecule has 0 unspecified atom stereocenters. The lowest BCUT2D eigenvalue weighted by atomic mass is 10.2. The minimum Gasteiger partial charge on any atom is -0.618 e. The van der Waals surface area contributed by atoms with Gasteiger partial charge in [-0.15, -0.1) is 0 Å². The second kappa shape index (κ2) is 4.70. The Labute approximate surface area is 99.9 Å². The number of aryl methyl sites for hydroxylation is 1. The van der Waals surface area contributed by atoms with E-state index in [1.807, 2.05) is 31.2 Å². The molecule has 2 aromatic rings. The number of hydrogen-bond acceptors (Lipinski definition) is 2. The zero-order valence-corrected chi connectivity index (χ0v) is 9.50. The number of phenols is 1. The average molecular weight is 227 g/mol. The van der Waals surface area contributed by atoms with E-state index in [0.29, 0.717) is 5.69 Å². The van der Waals surface area contributed by atoms with E-state index in [2.05, 4.69) is 0 Å². The Morgan fingerprint density at radius 3 is 2.18 bits per heavy atom. The molecule has 0 amide bonds. The highest BCUT2D eigenvalue weighted by atomic mass is 16.5. The molecule has 0 aliphatic heterocycles. The van der Waals surface area contributed by atoms with Crippen LogP contribution in [0, 0.1) is 12.1 Å². The summed E-state index contributed by atoms with van der Waals surface area (Å²) in [6, 6.07) is 13.8. The first-order chi connectivity index (χ1) is 8.15. The molecule has 0 saturated heterocycles. The summed E-state index contributed by atoms with van der Waals surface area (Å²) in [7, 11) is 0. The maximum absolute atomic E-state index is 11.8. The van der Waals surface area contributed by atoms with Crippen LogP contribution in [0.1, 0.15) is 11.1 Å². The van der Waals surface area contributed by atoms with E-state index >= 15 is 0 Å². The van der Waals surface area contributed by atoms with Crippen molar-refractivity contribution in [2.45, 2.75) is 6.92 Å². The van der Waals surface area contributed by atoms with Gasteiger partial charge in [-0.05, 0) is 31.2 Å². The molecule has 3 heteroatoms. The third-order valence-electron chi connectivity index (χ3n) is 2.45. The molecule has 0 bridgehead atoms. The Hall–Kier alpha value is -2.29. The highest BCUT2D eigenvalue weighted by Crippen LogP contribution is 2.16. The molecule has 1 N–H and O–H groups in total. The molecule has 0 spiro atoms. The number of phenolic OH excluding ortho intramolecular Hbond substituents is 1. The molecule has 0 atom stereocenters. The molecule has 2 aromatic carbocycles. The predicted molar refractivity (Wildman–Crippen MR) is 67.7 cm³/mol. The number of aromatic hydroxyl groups is 1. The van der Waals surface area contributed by atoms with Gasteiger partial charge in [-0.2, -0.15) is 4.74 Å². The van der Waals surface area contributed by atoms with Crippen LogP contribution in [0.15, 0.2) is 48.5 Å². The third kappa shape index (κ3) is 2.84. The summed E-state index contributed by atoms with van der Waals surface area (Å²) in [6.45, 7) is 2.00. The smallest absolute Gasteiger partial charge is 0.216 e. The molecule has 0 aliphatic carbocycles. The van der Waals surface area contributed by atoms with Crippen molar-refractivity contribution in [1.29, 1.82) is 0 Å². The molecule has 3 nitrogen and oxygen atoms in total. The highest BCUT2D eigenvalue weighted by Gasteiger charge is 2.01. The second-order valence-corrected chi connectivity index (χ2v) is 3.88. The SMILES string of the molecule is Cc1ccc(C=[N+]([O-])c2ccc(O)cc2)cc1. The quantitative estimate of drug-likeness (QED) is 0.371. The van der Waals surface area contributed by atoms with Gasteiger partial charge in [-0.3, -0.25) is 0 Å². The largest absolute Gasteiger partial charge is 0.618 e. The first-order valence-electron chi connectivity index (χ1n) is 5.32. The Bertz CT molecular complexity index is 527. The van der Waals surface area contributed by atoms with E-state index in [9.17, 15) is 5.21 Å². The lowest BCUT2D eigenvalue weighted by molar-refractivity contribution is -0.354. The van der Waals surface area contributed by atoms with Gasteiger partial charge in [0.2, 0.25) is 5.69 Å². The monoisotopic (exact) mass is 227 g/mol. The van der Waals surface area contributed by atoms with Crippen molar-refractivity contribution in [2.75, 3.05) is 0 Å². The summed E-state index contributed by atoms with van der Waals surface area (Å²) < 4.78 is 0.782. The summed E-state index contributed by atoms with van der Waals surface area (Å²) in [5, 5.41) is 20.9. The molecular weight excluding hydrogens is 214 g/mol. The Morgan fingerprint density at radius 1 is 1.00 bits per heavy atom. The van der Waals surface area contributed by atoms with Crippen LogP contribution in [0.2, 0.25) is 0 Å². The summed E-state index contributed by atoms with van der Waals surface area (Å²) in [4.78, 5) is 0. The standard InChI is InChI=1S/C14H13NO2/c1-11-2-4-12(5-3-11)10-15(17)13-6-8-14(16)9-7-13/h2-10,16H,1H3. The normalized spacial score (nSPS) is 11.5. The summed E-state index contributed by atoms with van der Waals surface area (Å²) >= 11 is 0. The fourth-order valence-corrected chi connectivity index (χ4v) is 1.46. The van der Waals surface area contributed by atoms with E-state index in [1.165, 1.54) is 18.3 Å². The molecule has 0 aromatic heterocycles. The zero-order valence-electron chi connectivity index (χ0n) is 9.50. The average Bonchev–Trinajstić information content (AvgIpc) is 2.33. The van der Waals surface area contributed by atoms with E-state index in [4.69, 9.17) is 5.11 Å². The maximum Gasteiger partial charge on any atom is 0.216 e. The molecule has 2 rings (SSSR count). The van der Waals surface area contributed by atoms with Crippen LogP contribution in [-0.4, -0.2) is 16.1 Å². The van der Waals surface area contributed by atoms with Gasteiger partial charge in [0, 0.05) is 17.7 Å². The molecule has 17 heavy (non-hydrogen) atoms. The van der Waals surface area contributed by atoms with Gasteiger partial charge < -0.3 is 10.3 Å². The van der Waals surface area contributed by atoms with Gasteiger partial charge in [-0.1, -0.05) is 17.7 Å². The van der Waals surface area contributed by atoms with Gasteiger partial charge >= 0.3 is 0 Å². The molecule has 0 saturated carbocycles. The molecule has 86 valence electrons. The maximum atomic E-state index is 11.8. The van der Waals surface area contributed by atoms with Gasteiger partial charge in [-0.25, -0.2) is 0 Å². The molecular formula is C14H13NO2. The lowest BCUT2D eigenvalue weighted by Crippen LogP contribution is -1.98. The van der Waals surface area contributed by atoms with Crippen molar-refractivity contribution < 1.29 is 9.85 Å². The van der Waals surface area contributed by atoms with Crippen molar-refractivity contribution in [3.8, 4) is 5.75 Å². The van der Waals surface area contributed by atoms with E-state index in [0.717, 1.165) is 15.9 Å². The predicted octanol–water partition coefficient (Wildman–Crippen LogP) is 2.96. The second-order valence-electron chi connectivity index (χ2n) is 3.88. The number of benzene rings is 2. The van der Waals surface area contributed by atoms with Crippen LogP contribution >= 0.6 is 0 Å². The molecule has 0 radical (unpaired) electrons. The highest BCUT2D eigenvalue weighted by molar-refractivity contribution is 5.76. The van der Waals surface area contributed by atoms with Crippen LogP contribution in [0.25, 0.3) is 0 Å². The third-order valence-corrected chi connectivity index (χ3v) is 2.45. The van der Waals surface area contributed by atoms with Gasteiger partial charge in [0.15, 0.2) is 6.21 Å². The Kier molecular flexibility index (Phi) is 3.10. The van der Waals surface area contributed by atoms with Gasteiger partial charge in [0.1, 0.15) is 5.75 Å². The van der Waals surface area contributed by atoms with E-state index in [1.54, 1.807) is 12.1 Å². The van der Waals surface area contributed by atoms with Crippen molar-refractivity contribution >= 4 is 11.9 Å². The molecule has 0 aliphatic rings. The van der Waals surface area contributed by atoms with Crippen molar-refractivity contribution in [2.24, 2.45) is 0 Å². The Balaban J connectivity index is 2.27. The fraction of sp³-hybridized carbons (Fsp3) is 0.0714. The van der Waals surface area contributed by atoms with Crippen LogP contribution in [0.3, 0.4) is 0 Å². The van der Waals surface area contributed by atoms with Crippen LogP contribution < -0.4 is 0 Å². The number of rotatable bonds is 2. The number of nitrogens with zero attached hydrogens (tertiary/aromatic N) is 1. The van der Waals surface area contributed by atoms with Crippen molar-refractivity contribution in [1.82, 2.24) is 0 Å². The van der Waals surface area contributed by atoms with Crippen molar-refractivity contribution in [3.63, 3.8) is 0 Å². The Morgan fingerprint density at radius 2 is 1.59 bits per heavy atom. The minimum atomic E-state index is 0.150. The summed E-state index contributed by atoms with van der Waals surface area (Å²) in [5.41, 5.74) is 2.49. The van der Waals surface area contributed by atoms with Crippen molar-refractivity contribution in [3.05, 3.63) is 64.9 Å². The minimum absolute atomic E-state index is 0.150. The number of hydrogen-bond donors (Lipinski definition) is 1. The van der Waals surface area contributed by atoms with Crippen LogP contribution in [-0.2, 0) is 0 Å². The molecule has 0 fully saturated rings. The fourth-order valence-electron chi connectivity index (χ4n) is 1.46. The topological polar surface area (TPSA) is 46.3 Å². The van der Waals surface area contributed by atoms with E-state index < -0.39 is 0 Å². The summed E-state index contributed by atoms with van der Waals surface area (Å²) in [6.07, 6.45) is 1.51. The van der Waals surface area contributed by atoms with Gasteiger partial charge in [0.25, 0.3) is 0 Å². The first-order valence-corrected chi connectivity index (χ1v) is 5.32.